The SMILES string of the molecule is COC(=O)CSc1ccc([C@H](C)O)cn1. The minimum atomic E-state index is -0.517. The molecule has 0 fully saturated rings. The molecule has 0 aromatic carbocycles. The van der Waals surface area contributed by atoms with E-state index in [9.17, 15) is 9.90 Å². The van der Waals surface area contributed by atoms with Gasteiger partial charge >= 0.3 is 5.97 Å². The van der Waals surface area contributed by atoms with E-state index in [0.717, 1.165) is 10.6 Å². The van der Waals surface area contributed by atoms with Crippen LogP contribution in [0.1, 0.15) is 18.6 Å². The Labute approximate surface area is 92.7 Å². The predicted octanol–water partition coefficient (Wildman–Crippen LogP) is 1.40. The van der Waals surface area contributed by atoms with Crippen LogP contribution < -0.4 is 0 Å². The first-order valence-corrected chi connectivity index (χ1v) is 5.45. The van der Waals surface area contributed by atoms with Gasteiger partial charge in [0.1, 0.15) is 0 Å². The van der Waals surface area contributed by atoms with E-state index in [1.54, 1.807) is 25.3 Å². The average Bonchev–Trinajstić information content (AvgIpc) is 2.26. The summed E-state index contributed by atoms with van der Waals surface area (Å²) in [5.41, 5.74) is 0.761. The number of rotatable bonds is 4. The van der Waals surface area contributed by atoms with Crippen LogP contribution in [0, 0.1) is 0 Å². The molecule has 1 heterocycles. The van der Waals surface area contributed by atoms with Gasteiger partial charge < -0.3 is 9.84 Å². The third-order valence-corrected chi connectivity index (χ3v) is 2.72. The molecule has 0 aliphatic rings. The molecule has 0 aliphatic carbocycles. The number of aromatic nitrogens is 1. The maximum absolute atomic E-state index is 10.8. The Morgan fingerprint density at radius 1 is 1.67 bits per heavy atom. The van der Waals surface area contributed by atoms with Crippen molar-refractivity contribution in [3.8, 4) is 0 Å². The highest BCUT2D eigenvalue weighted by Gasteiger charge is 2.04. The zero-order valence-electron chi connectivity index (χ0n) is 8.64. The summed E-state index contributed by atoms with van der Waals surface area (Å²) < 4.78 is 4.51. The molecule has 1 aromatic heterocycles. The van der Waals surface area contributed by atoms with E-state index in [-0.39, 0.29) is 11.7 Å². The Hall–Kier alpha value is -1.07. The fraction of sp³-hybridized carbons (Fsp3) is 0.400. The van der Waals surface area contributed by atoms with E-state index in [1.165, 1.54) is 18.9 Å². The molecule has 1 N–H and O–H groups in total. The number of aliphatic hydroxyl groups is 1. The Kier molecular flexibility index (Phi) is 4.58. The molecule has 15 heavy (non-hydrogen) atoms. The van der Waals surface area contributed by atoms with Crippen LogP contribution in [0.5, 0.6) is 0 Å². The third-order valence-electron chi connectivity index (χ3n) is 1.81. The highest BCUT2D eigenvalue weighted by atomic mass is 32.2. The minimum absolute atomic E-state index is 0.248. The predicted molar refractivity (Wildman–Crippen MR) is 57.6 cm³/mol. The van der Waals surface area contributed by atoms with Gasteiger partial charge in [0, 0.05) is 6.20 Å². The molecule has 0 saturated heterocycles. The normalized spacial score (nSPS) is 12.2. The van der Waals surface area contributed by atoms with Crippen molar-refractivity contribution in [2.24, 2.45) is 0 Å². The second kappa shape index (κ2) is 5.72. The number of ether oxygens (including phenoxy) is 1. The van der Waals surface area contributed by atoms with Gasteiger partial charge in [-0.15, -0.1) is 0 Å². The largest absolute Gasteiger partial charge is 0.468 e. The highest BCUT2D eigenvalue weighted by Crippen LogP contribution is 2.17. The number of esters is 1. The quantitative estimate of drug-likeness (QED) is 0.622. The first-order chi connectivity index (χ1) is 7.13. The maximum atomic E-state index is 10.8. The molecule has 0 aliphatic heterocycles. The van der Waals surface area contributed by atoms with Gasteiger partial charge in [0.25, 0.3) is 0 Å². The van der Waals surface area contributed by atoms with Crippen LogP contribution in [0.4, 0.5) is 0 Å². The van der Waals surface area contributed by atoms with Gasteiger partial charge in [0.2, 0.25) is 0 Å². The van der Waals surface area contributed by atoms with Crippen LogP contribution in [0.25, 0.3) is 0 Å². The summed E-state index contributed by atoms with van der Waals surface area (Å²) >= 11 is 1.31. The summed E-state index contributed by atoms with van der Waals surface area (Å²) in [7, 11) is 1.35. The molecule has 1 atom stereocenters. The number of hydrogen-bond donors (Lipinski definition) is 1. The van der Waals surface area contributed by atoms with E-state index in [2.05, 4.69) is 9.72 Å². The monoisotopic (exact) mass is 227 g/mol. The van der Waals surface area contributed by atoms with Crippen LogP contribution in [0.15, 0.2) is 23.4 Å². The number of thioether (sulfide) groups is 1. The molecule has 1 aromatic rings. The van der Waals surface area contributed by atoms with Crippen molar-refractivity contribution in [3.05, 3.63) is 23.9 Å². The molecule has 0 saturated carbocycles. The lowest BCUT2D eigenvalue weighted by Gasteiger charge is -2.04. The van der Waals surface area contributed by atoms with Gasteiger partial charge in [-0.25, -0.2) is 4.98 Å². The molecule has 4 nitrogen and oxygen atoms in total. The fourth-order valence-electron chi connectivity index (χ4n) is 0.916. The number of hydrogen-bond acceptors (Lipinski definition) is 5. The van der Waals surface area contributed by atoms with E-state index in [4.69, 9.17) is 0 Å². The van der Waals surface area contributed by atoms with E-state index < -0.39 is 6.10 Å². The summed E-state index contributed by atoms with van der Waals surface area (Å²) in [4.78, 5) is 15.0. The standard InChI is InChI=1S/C10H13NO3S/c1-7(12)8-3-4-9(11-5-8)15-6-10(13)14-2/h3-5,7,12H,6H2,1-2H3/t7-/m0/s1. The molecule has 0 radical (unpaired) electrons. The Balaban J connectivity index is 2.53. The molecule has 82 valence electrons. The van der Waals surface area contributed by atoms with Gasteiger partial charge in [-0.2, -0.15) is 0 Å². The number of carbonyl (C=O) groups excluding carboxylic acids is 1. The van der Waals surface area contributed by atoms with E-state index >= 15 is 0 Å². The van der Waals surface area contributed by atoms with Gasteiger partial charge in [0.05, 0.1) is 24.0 Å². The topological polar surface area (TPSA) is 59.4 Å². The van der Waals surface area contributed by atoms with Crippen molar-refractivity contribution in [1.82, 2.24) is 4.98 Å². The van der Waals surface area contributed by atoms with Crippen LogP contribution in [0.3, 0.4) is 0 Å². The van der Waals surface area contributed by atoms with Crippen LogP contribution >= 0.6 is 11.8 Å². The van der Waals surface area contributed by atoms with Gasteiger partial charge in [0.15, 0.2) is 0 Å². The first kappa shape index (κ1) is 12.0. The smallest absolute Gasteiger partial charge is 0.316 e. The summed E-state index contributed by atoms with van der Waals surface area (Å²) in [6, 6.07) is 3.56. The van der Waals surface area contributed by atoms with Crippen LogP contribution in [-0.2, 0) is 9.53 Å². The summed E-state index contributed by atoms with van der Waals surface area (Å²) in [6.45, 7) is 1.68. The van der Waals surface area contributed by atoms with Crippen molar-refractivity contribution in [1.29, 1.82) is 0 Å². The lowest BCUT2D eigenvalue weighted by atomic mass is 10.2. The lowest BCUT2D eigenvalue weighted by molar-refractivity contribution is -0.137. The van der Waals surface area contributed by atoms with Gasteiger partial charge in [-0.1, -0.05) is 17.8 Å². The van der Waals surface area contributed by atoms with Crippen LogP contribution in [-0.4, -0.2) is 28.9 Å². The highest BCUT2D eigenvalue weighted by molar-refractivity contribution is 7.99. The van der Waals surface area contributed by atoms with Crippen molar-refractivity contribution < 1.29 is 14.6 Å². The summed E-state index contributed by atoms with van der Waals surface area (Å²) in [5.74, 6) is -0.0289. The molecule has 0 bridgehead atoms. The third kappa shape index (κ3) is 3.89. The number of nitrogens with zero attached hydrogens (tertiary/aromatic N) is 1. The number of carbonyl (C=O) groups is 1. The number of pyridine rings is 1. The zero-order valence-corrected chi connectivity index (χ0v) is 9.45. The van der Waals surface area contributed by atoms with Gasteiger partial charge in [-0.3, -0.25) is 4.79 Å². The lowest BCUT2D eigenvalue weighted by Crippen LogP contribution is -2.03. The molecule has 0 amide bonds. The molecular formula is C10H13NO3S. The average molecular weight is 227 g/mol. The van der Waals surface area contributed by atoms with Crippen LogP contribution in [0.2, 0.25) is 0 Å². The number of methoxy groups -OCH3 is 1. The Morgan fingerprint density at radius 3 is 2.87 bits per heavy atom. The molecule has 5 heteroatoms. The Bertz CT molecular complexity index is 324. The van der Waals surface area contributed by atoms with Crippen molar-refractivity contribution >= 4 is 17.7 Å². The van der Waals surface area contributed by atoms with Crippen molar-refractivity contribution in [3.63, 3.8) is 0 Å². The molecule has 1 rings (SSSR count). The second-order valence-electron chi connectivity index (χ2n) is 2.97. The summed E-state index contributed by atoms with van der Waals surface area (Å²) in [5, 5.41) is 9.99. The zero-order chi connectivity index (χ0) is 11.3. The van der Waals surface area contributed by atoms with Gasteiger partial charge in [-0.05, 0) is 18.6 Å². The molecular weight excluding hydrogens is 214 g/mol. The van der Waals surface area contributed by atoms with Crippen molar-refractivity contribution in [2.75, 3.05) is 12.9 Å². The maximum Gasteiger partial charge on any atom is 0.316 e. The second-order valence-corrected chi connectivity index (χ2v) is 3.97. The van der Waals surface area contributed by atoms with Crippen molar-refractivity contribution in [2.45, 2.75) is 18.1 Å². The first-order valence-electron chi connectivity index (χ1n) is 4.47. The molecule has 0 spiro atoms. The molecule has 0 unspecified atom stereocenters. The summed E-state index contributed by atoms with van der Waals surface area (Å²) in [6.07, 6.45) is 1.08. The van der Waals surface area contributed by atoms with E-state index in [0.29, 0.717) is 0 Å². The Morgan fingerprint density at radius 2 is 2.40 bits per heavy atom. The van der Waals surface area contributed by atoms with E-state index in [1.807, 2.05) is 0 Å². The number of aliphatic hydroxyl groups excluding tert-OH is 1. The fourth-order valence-corrected chi connectivity index (χ4v) is 1.59. The minimum Gasteiger partial charge on any atom is -0.468 e.